The molecular weight excluding hydrogens is 339 g/mol. The number of hydrogen-bond acceptors (Lipinski definition) is 5. The lowest BCUT2D eigenvalue weighted by atomic mass is 10.0. The first kappa shape index (κ1) is 25.4. The summed E-state index contributed by atoms with van der Waals surface area (Å²) < 4.78 is 35.0. The van der Waals surface area contributed by atoms with Crippen LogP contribution in [0.4, 0.5) is 4.39 Å². The summed E-state index contributed by atoms with van der Waals surface area (Å²) in [7, 11) is 0. The van der Waals surface area contributed by atoms with E-state index >= 15 is 0 Å². The number of hydrogen-bond donors (Lipinski definition) is 0. The van der Waals surface area contributed by atoms with Crippen molar-refractivity contribution in [1.29, 1.82) is 0 Å². The summed E-state index contributed by atoms with van der Waals surface area (Å²) in [6.45, 7) is 11.8. The fraction of sp³-hybridized carbons (Fsp3) is 0.950. The van der Waals surface area contributed by atoms with Crippen molar-refractivity contribution < 1.29 is 28.1 Å². The minimum atomic E-state index is -1.10. The number of rotatable bonds is 19. The summed E-state index contributed by atoms with van der Waals surface area (Å²) in [5.41, 5.74) is 0. The zero-order valence-corrected chi connectivity index (χ0v) is 17.1. The zero-order chi connectivity index (χ0) is 19.6. The Morgan fingerprint density at radius 3 is 1.77 bits per heavy atom. The maximum atomic E-state index is 13.5. The summed E-state index contributed by atoms with van der Waals surface area (Å²) >= 11 is 0. The largest absolute Gasteiger partial charge is 0.379 e. The van der Waals surface area contributed by atoms with Gasteiger partial charge in [0.1, 0.15) is 12.0 Å². The van der Waals surface area contributed by atoms with E-state index in [-0.39, 0.29) is 31.1 Å². The van der Waals surface area contributed by atoms with Crippen molar-refractivity contribution in [2.75, 3.05) is 52.9 Å². The molecule has 0 aliphatic heterocycles. The fourth-order valence-electron chi connectivity index (χ4n) is 2.14. The molecule has 0 aliphatic carbocycles. The Balaban J connectivity index is 3.20. The van der Waals surface area contributed by atoms with Crippen LogP contribution in [-0.4, -0.2) is 64.8 Å². The van der Waals surface area contributed by atoms with Crippen molar-refractivity contribution in [2.24, 2.45) is 11.8 Å². The molecule has 0 spiro atoms. The molecule has 6 heteroatoms. The smallest absolute Gasteiger partial charge is 0.135 e. The summed E-state index contributed by atoms with van der Waals surface area (Å²) in [5, 5.41) is 0. The fourth-order valence-corrected chi connectivity index (χ4v) is 2.14. The summed E-state index contributed by atoms with van der Waals surface area (Å²) in [6, 6.07) is 0. The van der Waals surface area contributed by atoms with Crippen LogP contribution in [0.15, 0.2) is 0 Å². The molecule has 0 amide bonds. The molecule has 26 heavy (non-hydrogen) atoms. The molecular formula is C20H39FO5. The van der Waals surface area contributed by atoms with Crippen molar-refractivity contribution in [3.8, 4) is 0 Å². The molecule has 1 unspecified atom stereocenters. The van der Waals surface area contributed by atoms with Crippen LogP contribution in [-0.2, 0) is 23.7 Å². The first-order valence-corrected chi connectivity index (χ1v) is 9.91. The Labute approximate surface area is 158 Å². The molecule has 0 fully saturated rings. The Morgan fingerprint density at radius 2 is 1.27 bits per heavy atom. The van der Waals surface area contributed by atoms with Crippen molar-refractivity contribution >= 4 is 5.78 Å². The van der Waals surface area contributed by atoms with Gasteiger partial charge in [-0.15, -0.1) is 0 Å². The van der Waals surface area contributed by atoms with Crippen LogP contribution in [0.1, 0.15) is 53.4 Å². The number of halogens is 1. The number of alkyl halides is 1. The number of ketones is 1. The van der Waals surface area contributed by atoms with Gasteiger partial charge in [0.15, 0.2) is 0 Å². The highest BCUT2D eigenvalue weighted by Gasteiger charge is 2.12. The van der Waals surface area contributed by atoms with Crippen molar-refractivity contribution in [3.05, 3.63) is 0 Å². The molecule has 0 N–H and O–H groups in total. The Hall–Kier alpha value is -0.560. The van der Waals surface area contributed by atoms with Gasteiger partial charge in [0.25, 0.3) is 0 Å². The predicted molar refractivity (Wildman–Crippen MR) is 101 cm³/mol. The molecule has 0 saturated heterocycles. The van der Waals surface area contributed by atoms with Crippen molar-refractivity contribution in [3.63, 3.8) is 0 Å². The van der Waals surface area contributed by atoms with Crippen LogP contribution in [0.2, 0.25) is 0 Å². The Bertz CT molecular complexity index is 323. The van der Waals surface area contributed by atoms with Gasteiger partial charge in [-0.05, 0) is 25.2 Å². The summed E-state index contributed by atoms with van der Waals surface area (Å²) in [4.78, 5) is 11.4. The van der Waals surface area contributed by atoms with Crippen LogP contribution in [0.25, 0.3) is 0 Å². The van der Waals surface area contributed by atoms with E-state index in [2.05, 4.69) is 13.8 Å². The van der Waals surface area contributed by atoms with E-state index < -0.39 is 6.17 Å². The molecule has 0 bridgehead atoms. The molecule has 5 nitrogen and oxygen atoms in total. The number of carbonyl (C=O) groups is 1. The van der Waals surface area contributed by atoms with Crippen molar-refractivity contribution in [2.45, 2.75) is 59.5 Å². The normalized spacial score (nSPS) is 12.9. The average Bonchev–Trinajstić information content (AvgIpc) is 2.59. The number of ether oxygens (including phenoxy) is 4. The van der Waals surface area contributed by atoms with Gasteiger partial charge in [-0.25, -0.2) is 4.39 Å². The molecule has 156 valence electrons. The lowest BCUT2D eigenvalue weighted by molar-refractivity contribution is -0.122. The minimum absolute atomic E-state index is 0.0133. The highest BCUT2D eigenvalue weighted by atomic mass is 19.1. The van der Waals surface area contributed by atoms with Gasteiger partial charge < -0.3 is 18.9 Å². The molecule has 0 saturated carbocycles. The average molecular weight is 379 g/mol. The van der Waals surface area contributed by atoms with Crippen molar-refractivity contribution in [1.82, 2.24) is 0 Å². The van der Waals surface area contributed by atoms with Gasteiger partial charge in [-0.2, -0.15) is 0 Å². The molecule has 0 heterocycles. The van der Waals surface area contributed by atoms with E-state index in [4.69, 9.17) is 18.9 Å². The minimum Gasteiger partial charge on any atom is -0.379 e. The lowest BCUT2D eigenvalue weighted by Crippen LogP contribution is -2.17. The van der Waals surface area contributed by atoms with E-state index in [1.165, 1.54) is 6.42 Å². The maximum Gasteiger partial charge on any atom is 0.135 e. The van der Waals surface area contributed by atoms with Gasteiger partial charge in [-0.1, -0.05) is 27.7 Å². The second-order valence-electron chi connectivity index (χ2n) is 7.21. The quantitative estimate of drug-likeness (QED) is 0.320. The molecule has 0 aromatic heterocycles. The predicted octanol–water partition coefficient (Wildman–Crippen LogP) is 3.83. The SMILES string of the molecule is CC(C)CCCOCCOCCOCCOCC(F)CCC(=O)C(C)C. The number of carbonyl (C=O) groups excluding carboxylic acids is 1. The summed E-state index contributed by atoms with van der Waals surface area (Å²) in [6.07, 6.45) is 1.69. The highest BCUT2D eigenvalue weighted by Crippen LogP contribution is 2.07. The van der Waals surface area contributed by atoms with Gasteiger partial charge in [0.2, 0.25) is 0 Å². The van der Waals surface area contributed by atoms with E-state index in [0.717, 1.165) is 18.9 Å². The van der Waals surface area contributed by atoms with E-state index in [0.29, 0.717) is 39.6 Å². The van der Waals surface area contributed by atoms with Gasteiger partial charge in [0, 0.05) is 18.9 Å². The number of Topliss-reactive ketones (excluding diaryl/α,β-unsaturated/α-hetero) is 1. The second kappa shape index (κ2) is 17.8. The molecule has 0 aromatic rings. The first-order chi connectivity index (χ1) is 12.4. The maximum absolute atomic E-state index is 13.5. The van der Waals surface area contributed by atoms with Crippen LogP contribution < -0.4 is 0 Å². The van der Waals surface area contributed by atoms with Gasteiger partial charge in [-0.3, -0.25) is 4.79 Å². The lowest BCUT2D eigenvalue weighted by Gasteiger charge is -2.10. The first-order valence-electron chi connectivity index (χ1n) is 9.91. The van der Waals surface area contributed by atoms with Gasteiger partial charge in [0.05, 0.1) is 46.2 Å². The molecule has 0 radical (unpaired) electrons. The van der Waals surface area contributed by atoms with Gasteiger partial charge >= 0.3 is 0 Å². The molecule has 0 aromatic carbocycles. The third kappa shape index (κ3) is 18.2. The second-order valence-corrected chi connectivity index (χ2v) is 7.21. The topological polar surface area (TPSA) is 54.0 Å². The van der Waals surface area contributed by atoms with E-state index in [1.807, 2.05) is 13.8 Å². The van der Waals surface area contributed by atoms with E-state index in [9.17, 15) is 9.18 Å². The van der Waals surface area contributed by atoms with Crippen LogP contribution in [0.5, 0.6) is 0 Å². The summed E-state index contributed by atoms with van der Waals surface area (Å²) in [5.74, 6) is 0.785. The third-order valence-corrected chi connectivity index (χ3v) is 3.83. The monoisotopic (exact) mass is 378 g/mol. The van der Waals surface area contributed by atoms with Crippen LogP contribution in [0.3, 0.4) is 0 Å². The van der Waals surface area contributed by atoms with Crippen LogP contribution >= 0.6 is 0 Å². The van der Waals surface area contributed by atoms with E-state index in [1.54, 1.807) is 0 Å². The molecule has 1 atom stereocenters. The standard InChI is InChI=1S/C20H39FO5/c1-17(2)6-5-9-23-10-11-24-12-13-25-14-15-26-16-19(21)7-8-20(22)18(3)4/h17-19H,5-16H2,1-4H3. The molecule has 0 aliphatic rings. The zero-order valence-electron chi connectivity index (χ0n) is 17.1. The third-order valence-electron chi connectivity index (χ3n) is 3.83. The Kier molecular flexibility index (Phi) is 17.4. The highest BCUT2D eigenvalue weighted by molar-refractivity contribution is 5.80. The molecule has 0 rings (SSSR count). The Morgan fingerprint density at radius 1 is 0.769 bits per heavy atom. The van der Waals surface area contributed by atoms with Crippen LogP contribution in [0, 0.1) is 11.8 Å².